The van der Waals surface area contributed by atoms with E-state index in [1.54, 1.807) is 24.3 Å². The molecule has 0 unspecified atom stereocenters. The van der Waals surface area contributed by atoms with E-state index in [9.17, 15) is 14.5 Å². The SMILES string of the molecule is CCO[Si](CCCNC(=O)OCCN(CCOC(=O)NCCC[Si](OCC)(OCC)OCC)c1ccc(N=O)cc1)(OCC)OCC. The number of rotatable bonds is 28. The zero-order valence-corrected chi connectivity index (χ0v) is 31.0. The van der Waals surface area contributed by atoms with Crippen molar-refractivity contribution >= 4 is 41.2 Å². The maximum Gasteiger partial charge on any atom is 0.500 e. The second-order valence-corrected chi connectivity index (χ2v) is 15.4. The number of carbonyl (C=O) groups is 2. The van der Waals surface area contributed by atoms with Crippen LogP contribution in [-0.2, 0) is 36.0 Å². The van der Waals surface area contributed by atoms with Crippen molar-refractivity contribution in [2.75, 3.05) is 83.9 Å². The molecule has 2 amide bonds. The zero-order chi connectivity index (χ0) is 34.8. The van der Waals surface area contributed by atoms with Crippen LogP contribution in [0.25, 0.3) is 0 Å². The van der Waals surface area contributed by atoms with E-state index in [1.165, 1.54) is 0 Å². The molecule has 1 aromatic carbocycles. The molecule has 15 nitrogen and oxygen atoms in total. The maximum absolute atomic E-state index is 12.4. The maximum atomic E-state index is 12.4. The largest absolute Gasteiger partial charge is 0.500 e. The highest BCUT2D eigenvalue weighted by molar-refractivity contribution is 6.61. The van der Waals surface area contributed by atoms with Crippen LogP contribution in [0.4, 0.5) is 21.0 Å². The average molecular weight is 705 g/mol. The number of carbonyl (C=O) groups excluding carboxylic acids is 2. The third-order valence-electron chi connectivity index (χ3n) is 6.55. The summed E-state index contributed by atoms with van der Waals surface area (Å²) in [5.74, 6) is 0. The molecule has 1 aromatic rings. The first-order chi connectivity index (χ1) is 22.8. The molecule has 270 valence electrons. The Bertz CT molecular complexity index is 909. The highest BCUT2D eigenvalue weighted by Crippen LogP contribution is 2.21. The molecule has 0 heterocycles. The lowest BCUT2D eigenvalue weighted by Crippen LogP contribution is -2.46. The molecule has 0 saturated carbocycles. The summed E-state index contributed by atoms with van der Waals surface area (Å²) in [5, 5.41) is 8.44. The van der Waals surface area contributed by atoms with Crippen molar-refractivity contribution in [1.29, 1.82) is 0 Å². The van der Waals surface area contributed by atoms with Gasteiger partial charge in [-0.3, -0.25) is 0 Å². The van der Waals surface area contributed by atoms with E-state index in [1.807, 2.05) is 46.4 Å². The number of alkyl carbamates (subject to hydrolysis) is 2. The molecule has 47 heavy (non-hydrogen) atoms. The van der Waals surface area contributed by atoms with Gasteiger partial charge in [-0.05, 0) is 83.8 Å². The highest BCUT2D eigenvalue weighted by Gasteiger charge is 2.40. The monoisotopic (exact) mass is 704 g/mol. The number of amides is 2. The van der Waals surface area contributed by atoms with Crippen LogP contribution >= 0.6 is 0 Å². The first-order valence-electron chi connectivity index (χ1n) is 16.6. The van der Waals surface area contributed by atoms with E-state index < -0.39 is 29.8 Å². The standard InChI is InChI=1S/C30H56N4O11Si2/c1-7-40-46(41-8-2,42-9-3)25-13-19-31-29(35)38-23-21-34(28-17-15-27(33-37)16-18-28)22-24-39-30(36)32-20-14-26-47(43-10-4,44-11-5)45-12-6/h15-18H,7-14,19-26H2,1-6H3,(H,31,35)(H,32,36). The number of anilines is 1. The minimum absolute atomic E-state index is 0.0758. The number of nitrogens with one attached hydrogen (secondary N) is 2. The van der Waals surface area contributed by atoms with Gasteiger partial charge >= 0.3 is 29.8 Å². The summed E-state index contributed by atoms with van der Waals surface area (Å²) in [6.07, 6.45) is 0.113. The van der Waals surface area contributed by atoms with Crippen LogP contribution in [0.1, 0.15) is 54.4 Å². The van der Waals surface area contributed by atoms with Crippen LogP contribution in [0.3, 0.4) is 0 Å². The summed E-state index contributed by atoms with van der Waals surface area (Å²) < 4.78 is 45.9. The molecular formula is C30H56N4O11Si2. The van der Waals surface area contributed by atoms with E-state index in [2.05, 4.69) is 15.8 Å². The Morgan fingerprint density at radius 2 is 1.00 bits per heavy atom. The molecule has 2 N–H and O–H groups in total. The quantitative estimate of drug-likeness (QED) is 0.0665. The molecule has 0 atom stereocenters. The Morgan fingerprint density at radius 1 is 0.638 bits per heavy atom. The summed E-state index contributed by atoms with van der Waals surface area (Å²) in [7, 11) is -5.56. The van der Waals surface area contributed by atoms with Gasteiger partial charge in [-0.15, -0.1) is 4.91 Å². The van der Waals surface area contributed by atoms with Gasteiger partial charge < -0.3 is 51.6 Å². The van der Waals surface area contributed by atoms with E-state index in [0.29, 0.717) is 90.8 Å². The molecule has 0 spiro atoms. The van der Waals surface area contributed by atoms with Crippen molar-refractivity contribution < 1.29 is 45.6 Å². The Morgan fingerprint density at radius 3 is 1.32 bits per heavy atom. The van der Waals surface area contributed by atoms with Crippen molar-refractivity contribution in [2.45, 2.75) is 66.5 Å². The Hall–Kier alpha value is -2.65. The smallest absolute Gasteiger partial charge is 0.448 e. The molecule has 0 fully saturated rings. The van der Waals surface area contributed by atoms with E-state index in [-0.39, 0.29) is 18.9 Å². The number of hydrogen-bond acceptors (Lipinski definition) is 13. The average Bonchev–Trinajstić information content (AvgIpc) is 3.05. The van der Waals surface area contributed by atoms with Gasteiger partial charge in [-0.25, -0.2) is 9.59 Å². The molecule has 0 saturated heterocycles. The van der Waals surface area contributed by atoms with Gasteiger partial charge in [0.2, 0.25) is 0 Å². The van der Waals surface area contributed by atoms with Gasteiger partial charge in [-0.1, -0.05) is 0 Å². The van der Waals surface area contributed by atoms with Gasteiger partial charge in [0.05, 0.1) is 13.1 Å². The van der Waals surface area contributed by atoms with E-state index >= 15 is 0 Å². The van der Waals surface area contributed by atoms with Crippen LogP contribution < -0.4 is 15.5 Å². The predicted molar refractivity (Wildman–Crippen MR) is 183 cm³/mol. The van der Waals surface area contributed by atoms with Crippen LogP contribution in [0.5, 0.6) is 0 Å². The van der Waals surface area contributed by atoms with Crippen LogP contribution in [0.15, 0.2) is 29.4 Å². The fraction of sp³-hybridized carbons (Fsp3) is 0.733. The number of benzene rings is 1. The Balaban J connectivity index is 2.57. The summed E-state index contributed by atoms with van der Waals surface area (Å²) >= 11 is 0. The summed E-state index contributed by atoms with van der Waals surface area (Å²) in [6.45, 7) is 15.9. The van der Waals surface area contributed by atoms with E-state index in [0.717, 1.165) is 5.69 Å². The van der Waals surface area contributed by atoms with Crippen molar-refractivity contribution in [3.8, 4) is 0 Å². The molecule has 0 aliphatic rings. The Labute approximate surface area is 281 Å². The van der Waals surface area contributed by atoms with Crippen molar-refractivity contribution in [3.05, 3.63) is 29.2 Å². The third kappa shape index (κ3) is 17.4. The fourth-order valence-electron chi connectivity index (χ4n) is 4.69. The minimum Gasteiger partial charge on any atom is -0.448 e. The van der Waals surface area contributed by atoms with Gasteiger partial charge in [0.15, 0.2) is 0 Å². The highest BCUT2D eigenvalue weighted by atomic mass is 28.4. The molecule has 0 aliphatic heterocycles. The van der Waals surface area contributed by atoms with Crippen LogP contribution in [0.2, 0.25) is 12.1 Å². The second-order valence-electron chi connectivity index (χ2n) is 9.89. The van der Waals surface area contributed by atoms with Gasteiger partial charge in [-0.2, -0.15) is 0 Å². The molecule has 17 heteroatoms. The summed E-state index contributed by atoms with van der Waals surface area (Å²) in [5.41, 5.74) is 1.04. The van der Waals surface area contributed by atoms with Crippen molar-refractivity contribution in [2.24, 2.45) is 5.18 Å². The number of nitrogens with zero attached hydrogens (tertiary/aromatic N) is 2. The molecule has 0 bridgehead atoms. The van der Waals surface area contributed by atoms with Crippen LogP contribution in [-0.4, -0.2) is 109 Å². The third-order valence-corrected chi connectivity index (χ3v) is 12.9. The minimum atomic E-state index is -2.78. The number of ether oxygens (including phenoxy) is 2. The molecular weight excluding hydrogens is 649 g/mol. The predicted octanol–water partition coefficient (Wildman–Crippen LogP) is 5.22. The summed E-state index contributed by atoms with van der Waals surface area (Å²) in [4.78, 5) is 37.5. The normalized spacial score (nSPS) is 11.6. The van der Waals surface area contributed by atoms with E-state index in [4.69, 9.17) is 36.0 Å². The summed E-state index contributed by atoms with van der Waals surface area (Å²) in [6, 6.07) is 7.78. The van der Waals surface area contributed by atoms with Crippen molar-refractivity contribution in [1.82, 2.24) is 10.6 Å². The van der Waals surface area contributed by atoms with Gasteiger partial charge in [0, 0.05) is 70.5 Å². The lowest BCUT2D eigenvalue weighted by atomic mass is 10.2. The molecule has 0 radical (unpaired) electrons. The number of hydrogen-bond donors (Lipinski definition) is 2. The van der Waals surface area contributed by atoms with Gasteiger partial charge in [0.25, 0.3) is 0 Å². The lowest BCUT2D eigenvalue weighted by molar-refractivity contribution is 0.0699. The first-order valence-corrected chi connectivity index (χ1v) is 20.5. The fourth-order valence-corrected chi connectivity index (χ4v) is 9.91. The van der Waals surface area contributed by atoms with Gasteiger partial charge in [0.1, 0.15) is 18.9 Å². The molecule has 0 aromatic heterocycles. The molecule has 0 aliphatic carbocycles. The van der Waals surface area contributed by atoms with Crippen LogP contribution in [0, 0.1) is 4.91 Å². The number of nitroso groups, excluding NO2 is 1. The second kappa shape index (κ2) is 25.4. The zero-order valence-electron chi connectivity index (χ0n) is 29.0. The topological polar surface area (TPSA) is 165 Å². The lowest BCUT2D eigenvalue weighted by Gasteiger charge is -2.28. The first kappa shape index (κ1) is 42.4. The molecule has 1 rings (SSSR count). The Kier molecular flexibility index (Phi) is 22.9. The van der Waals surface area contributed by atoms with Crippen molar-refractivity contribution in [3.63, 3.8) is 0 Å².